The molecule has 0 aromatic carbocycles. The maximum atomic E-state index is 4.52. The lowest BCUT2D eigenvalue weighted by Crippen LogP contribution is -2.41. The Kier molecular flexibility index (Phi) is 3.15. The van der Waals surface area contributed by atoms with Crippen molar-refractivity contribution in [2.75, 3.05) is 18.9 Å². The summed E-state index contributed by atoms with van der Waals surface area (Å²) in [6, 6.07) is 5.92. The van der Waals surface area contributed by atoms with Gasteiger partial charge in [-0.3, -0.25) is 0 Å². The molecule has 3 nitrogen and oxygen atoms in total. The van der Waals surface area contributed by atoms with Crippen molar-refractivity contribution in [1.29, 1.82) is 0 Å². The van der Waals surface area contributed by atoms with Crippen LogP contribution in [0.4, 0.5) is 5.82 Å². The van der Waals surface area contributed by atoms with E-state index in [1.807, 2.05) is 6.20 Å². The number of fused-ring (bicyclic) bond motifs is 3. The van der Waals surface area contributed by atoms with E-state index in [0.717, 1.165) is 30.4 Å². The Bertz CT molecular complexity index is 595. The van der Waals surface area contributed by atoms with Crippen LogP contribution in [-0.2, 0) is 0 Å². The fourth-order valence-corrected chi connectivity index (χ4v) is 4.75. The predicted molar refractivity (Wildman–Crippen MR) is 85.4 cm³/mol. The molecule has 0 aliphatic carbocycles. The Labute approximate surface area is 124 Å². The van der Waals surface area contributed by atoms with Gasteiger partial charge in [-0.1, -0.05) is 0 Å². The van der Waals surface area contributed by atoms with Crippen molar-refractivity contribution < 1.29 is 0 Å². The summed E-state index contributed by atoms with van der Waals surface area (Å²) in [5.41, 5.74) is 0. The van der Waals surface area contributed by atoms with Gasteiger partial charge in [-0.15, -0.1) is 11.3 Å². The summed E-state index contributed by atoms with van der Waals surface area (Å²) in [7, 11) is 2.31. The maximum absolute atomic E-state index is 4.52. The molecule has 1 N–H and O–H groups in total. The van der Waals surface area contributed by atoms with Crippen LogP contribution in [0, 0.1) is 5.92 Å². The van der Waals surface area contributed by atoms with E-state index in [9.17, 15) is 0 Å². The smallest absolute Gasteiger partial charge is 0.134 e. The average molecular weight is 287 g/mol. The minimum Gasteiger partial charge on any atom is -0.369 e. The first-order valence-corrected chi connectivity index (χ1v) is 8.47. The first kappa shape index (κ1) is 12.6. The van der Waals surface area contributed by atoms with E-state index < -0.39 is 0 Å². The van der Waals surface area contributed by atoms with Gasteiger partial charge in [0.05, 0.1) is 0 Å². The van der Waals surface area contributed by atoms with Gasteiger partial charge >= 0.3 is 0 Å². The molecule has 4 heteroatoms. The van der Waals surface area contributed by atoms with Crippen LogP contribution >= 0.6 is 11.3 Å². The lowest BCUT2D eigenvalue weighted by molar-refractivity contribution is 0.139. The Hall–Kier alpha value is -1.13. The highest BCUT2D eigenvalue weighted by Crippen LogP contribution is 2.37. The minimum absolute atomic E-state index is 0.805. The third-order valence-electron chi connectivity index (χ3n) is 5.13. The first-order valence-electron chi connectivity index (χ1n) is 7.59. The summed E-state index contributed by atoms with van der Waals surface area (Å²) < 4.78 is 1.32. The second-order valence-electron chi connectivity index (χ2n) is 6.26. The van der Waals surface area contributed by atoms with Crippen LogP contribution < -0.4 is 5.32 Å². The lowest BCUT2D eigenvalue weighted by atomic mass is 9.91. The van der Waals surface area contributed by atoms with Crippen molar-refractivity contribution in [3.8, 4) is 0 Å². The Morgan fingerprint density at radius 1 is 1.30 bits per heavy atom. The number of anilines is 1. The number of aromatic nitrogens is 1. The van der Waals surface area contributed by atoms with Crippen LogP contribution in [0.5, 0.6) is 0 Å². The van der Waals surface area contributed by atoms with E-state index in [-0.39, 0.29) is 0 Å². The molecule has 2 fully saturated rings. The van der Waals surface area contributed by atoms with Crippen molar-refractivity contribution in [3.63, 3.8) is 0 Å². The molecule has 2 aromatic heterocycles. The summed E-state index contributed by atoms with van der Waals surface area (Å²) in [5, 5.41) is 7.02. The molecule has 20 heavy (non-hydrogen) atoms. The number of piperidine rings is 1. The number of rotatable bonds is 3. The topological polar surface area (TPSA) is 28.2 Å². The summed E-state index contributed by atoms with van der Waals surface area (Å²) in [5.74, 6) is 1.87. The molecule has 2 atom stereocenters. The molecule has 2 aliphatic heterocycles. The van der Waals surface area contributed by atoms with E-state index in [0.29, 0.717) is 0 Å². The summed E-state index contributed by atoms with van der Waals surface area (Å²) in [6.45, 7) is 1.07. The second-order valence-corrected chi connectivity index (χ2v) is 7.21. The van der Waals surface area contributed by atoms with Crippen LogP contribution in [0.3, 0.4) is 0 Å². The van der Waals surface area contributed by atoms with Gasteiger partial charge in [-0.25, -0.2) is 4.98 Å². The van der Waals surface area contributed by atoms with Gasteiger partial charge in [-0.2, -0.15) is 0 Å². The summed E-state index contributed by atoms with van der Waals surface area (Å²) in [6.07, 6.45) is 7.41. The number of pyridine rings is 1. The van der Waals surface area contributed by atoms with E-state index in [2.05, 4.69) is 39.8 Å². The molecule has 2 bridgehead atoms. The normalized spacial score (nSPS) is 29.9. The molecule has 2 aliphatic rings. The quantitative estimate of drug-likeness (QED) is 0.935. The fraction of sp³-hybridized carbons (Fsp3) is 0.562. The maximum Gasteiger partial charge on any atom is 0.134 e. The van der Waals surface area contributed by atoms with Crippen molar-refractivity contribution >= 4 is 27.2 Å². The van der Waals surface area contributed by atoms with Crippen molar-refractivity contribution in [2.24, 2.45) is 5.92 Å². The van der Waals surface area contributed by atoms with Gasteiger partial charge in [0.1, 0.15) is 5.82 Å². The van der Waals surface area contributed by atoms with Gasteiger partial charge in [0, 0.05) is 34.9 Å². The highest BCUT2D eigenvalue weighted by molar-refractivity contribution is 7.17. The molecule has 0 spiro atoms. The van der Waals surface area contributed by atoms with Crippen LogP contribution in [0.15, 0.2) is 23.7 Å². The number of hydrogen-bond acceptors (Lipinski definition) is 4. The van der Waals surface area contributed by atoms with E-state index in [1.165, 1.54) is 35.8 Å². The molecule has 0 amide bonds. The highest BCUT2D eigenvalue weighted by Gasteiger charge is 2.38. The van der Waals surface area contributed by atoms with Gasteiger partial charge in [-0.05, 0) is 56.2 Å². The van der Waals surface area contributed by atoms with Gasteiger partial charge in [0.2, 0.25) is 0 Å². The van der Waals surface area contributed by atoms with E-state index >= 15 is 0 Å². The zero-order chi connectivity index (χ0) is 13.5. The van der Waals surface area contributed by atoms with Crippen LogP contribution in [0.25, 0.3) is 10.1 Å². The summed E-state index contributed by atoms with van der Waals surface area (Å²) >= 11 is 1.79. The van der Waals surface area contributed by atoms with E-state index in [4.69, 9.17) is 0 Å². The number of nitrogens with zero attached hydrogens (tertiary/aromatic N) is 2. The van der Waals surface area contributed by atoms with Crippen molar-refractivity contribution in [3.05, 3.63) is 23.7 Å². The van der Waals surface area contributed by atoms with Gasteiger partial charge in [0.25, 0.3) is 0 Å². The van der Waals surface area contributed by atoms with Crippen molar-refractivity contribution in [1.82, 2.24) is 9.88 Å². The average Bonchev–Trinajstić information content (AvgIpc) is 2.99. The van der Waals surface area contributed by atoms with Crippen molar-refractivity contribution in [2.45, 2.75) is 37.8 Å². The molecule has 106 valence electrons. The monoisotopic (exact) mass is 287 g/mol. The molecule has 2 aromatic rings. The second kappa shape index (κ2) is 5.01. The number of nitrogens with one attached hydrogen (secondary N) is 1. The zero-order valence-corrected chi connectivity index (χ0v) is 12.7. The minimum atomic E-state index is 0.805. The molecule has 2 unspecified atom stereocenters. The Morgan fingerprint density at radius 2 is 2.10 bits per heavy atom. The number of thiophene rings is 1. The number of hydrogen-bond donors (Lipinski definition) is 1. The third-order valence-corrected chi connectivity index (χ3v) is 6.02. The highest BCUT2D eigenvalue weighted by atomic mass is 32.1. The lowest BCUT2D eigenvalue weighted by Gasteiger charge is -2.36. The van der Waals surface area contributed by atoms with Crippen LogP contribution in [0.2, 0.25) is 0 Å². The molecule has 4 rings (SSSR count). The Morgan fingerprint density at radius 3 is 2.90 bits per heavy atom. The van der Waals surface area contributed by atoms with Crippen LogP contribution in [-0.4, -0.2) is 35.6 Å². The predicted octanol–water partition coefficient (Wildman–Crippen LogP) is 3.58. The molecule has 4 heterocycles. The van der Waals surface area contributed by atoms with Crippen LogP contribution in [0.1, 0.15) is 25.7 Å². The SMILES string of the molecule is CN1C2CCC1CC(CNc1nccc3sccc13)C2. The Balaban J connectivity index is 1.45. The van der Waals surface area contributed by atoms with Gasteiger partial charge < -0.3 is 10.2 Å². The third kappa shape index (κ3) is 2.11. The molecular weight excluding hydrogens is 266 g/mol. The van der Waals surface area contributed by atoms with Gasteiger partial charge in [0.15, 0.2) is 0 Å². The standard InChI is InChI=1S/C16H21N3S/c1-19-12-2-3-13(19)9-11(8-12)10-18-16-14-5-7-20-15(14)4-6-17-16/h4-7,11-13H,2-3,8-10H2,1H3,(H,17,18). The summed E-state index contributed by atoms with van der Waals surface area (Å²) in [4.78, 5) is 7.12. The molecule has 0 saturated carbocycles. The first-order chi connectivity index (χ1) is 9.81. The zero-order valence-electron chi connectivity index (χ0n) is 11.9. The largest absolute Gasteiger partial charge is 0.369 e. The molecular formula is C16H21N3S. The van der Waals surface area contributed by atoms with E-state index in [1.54, 1.807) is 11.3 Å². The molecule has 0 radical (unpaired) electrons. The fourth-order valence-electron chi connectivity index (χ4n) is 3.97. The molecule has 2 saturated heterocycles.